The van der Waals surface area contributed by atoms with E-state index in [4.69, 9.17) is 0 Å². The standard InChI is InChI=1S/C8H8F6O/c9-5-6(10,4-2-1-3-15-4)8(13,14)7(5,11)12/h4-5H,1-3H2. The van der Waals surface area contributed by atoms with E-state index in [2.05, 4.69) is 4.74 Å². The highest BCUT2D eigenvalue weighted by Gasteiger charge is 2.92. The molecule has 0 amide bonds. The molecule has 88 valence electrons. The summed E-state index contributed by atoms with van der Waals surface area (Å²) in [5.74, 6) is -9.93. The third-order valence-corrected chi connectivity index (χ3v) is 2.99. The van der Waals surface area contributed by atoms with Gasteiger partial charge in [-0.3, -0.25) is 0 Å². The second-order valence-electron chi connectivity index (χ2n) is 3.83. The molecule has 0 aromatic heterocycles. The first-order chi connectivity index (χ1) is 6.76. The van der Waals surface area contributed by atoms with Gasteiger partial charge < -0.3 is 4.74 Å². The van der Waals surface area contributed by atoms with Crippen LogP contribution in [0.25, 0.3) is 0 Å². The molecule has 1 saturated carbocycles. The van der Waals surface area contributed by atoms with E-state index in [1.807, 2.05) is 0 Å². The molecule has 0 N–H and O–H groups in total. The Morgan fingerprint density at radius 3 is 2.07 bits per heavy atom. The summed E-state index contributed by atoms with van der Waals surface area (Å²) in [6.45, 7) is -0.00922. The number of halogens is 6. The highest BCUT2D eigenvalue weighted by atomic mass is 19.3. The van der Waals surface area contributed by atoms with Crippen LogP contribution >= 0.6 is 0 Å². The van der Waals surface area contributed by atoms with Crippen LogP contribution in [0.1, 0.15) is 12.8 Å². The lowest BCUT2D eigenvalue weighted by atomic mass is 9.68. The average molecular weight is 234 g/mol. The lowest BCUT2D eigenvalue weighted by Gasteiger charge is -2.52. The van der Waals surface area contributed by atoms with Gasteiger partial charge in [-0.2, -0.15) is 17.6 Å². The number of alkyl halides is 6. The Kier molecular flexibility index (Phi) is 2.07. The first-order valence-corrected chi connectivity index (χ1v) is 4.46. The molecule has 0 spiro atoms. The SMILES string of the molecule is FC1C(F)(F)C(F)(F)C1(F)C1CCCO1. The van der Waals surface area contributed by atoms with E-state index in [-0.39, 0.29) is 19.4 Å². The van der Waals surface area contributed by atoms with Crippen molar-refractivity contribution >= 4 is 0 Å². The first kappa shape index (κ1) is 11.0. The molecule has 1 heterocycles. The molecule has 1 aliphatic carbocycles. The van der Waals surface area contributed by atoms with E-state index in [9.17, 15) is 26.3 Å². The Morgan fingerprint density at radius 2 is 1.67 bits per heavy atom. The maximum Gasteiger partial charge on any atom is 0.352 e. The minimum absolute atomic E-state index is 0.00922. The normalized spacial score (nSPS) is 47.6. The molecule has 0 bridgehead atoms. The third-order valence-electron chi connectivity index (χ3n) is 2.99. The average Bonchev–Trinajstić information content (AvgIpc) is 2.67. The van der Waals surface area contributed by atoms with Crippen LogP contribution in [0, 0.1) is 0 Å². The molecular formula is C8H8F6O. The number of hydrogen-bond acceptors (Lipinski definition) is 1. The van der Waals surface area contributed by atoms with Gasteiger partial charge in [0, 0.05) is 6.61 Å². The van der Waals surface area contributed by atoms with Gasteiger partial charge in [0.15, 0.2) is 0 Å². The summed E-state index contributed by atoms with van der Waals surface area (Å²) in [5, 5.41) is 0. The molecule has 2 fully saturated rings. The Morgan fingerprint density at radius 1 is 1.07 bits per heavy atom. The Hall–Kier alpha value is -0.460. The predicted molar refractivity (Wildman–Crippen MR) is 37.6 cm³/mol. The molecule has 2 aliphatic rings. The van der Waals surface area contributed by atoms with Crippen molar-refractivity contribution in [2.24, 2.45) is 0 Å². The van der Waals surface area contributed by atoms with Crippen LogP contribution in [0.2, 0.25) is 0 Å². The van der Waals surface area contributed by atoms with Crippen LogP contribution in [-0.2, 0) is 4.74 Å². The van der Waals surface area contributed by atoms with Crippen molar-refractivity contribution in [1.29, 1.82) is 0 Å². The quantitative estimate of drug-likeness (QED) is 0.633. The molecule has 0 radical (unpaired) electrons. The van der Waals surface area contributed by atoms with Crippen molar-refractivity contribution in [2.75, 3.05) is 6.61 Å². The van der Waals surface area contributed by atoms with Gasteiger partial charge >= 0.3 is 11.8 Å². The van der Waals surface area contributed by atoms with Crippen LogP contribution in [0.15, 0.2) is 0 Å². The second-order valence-corrected chi connectivity index (χ2v) is 3.83. The topological polar surface area (TPSA) is 9.23 Å². The van der Waals surface area contributed by atoms with Crippen molar-refractivity contribution in [1.82, 2.24) is 0 Å². The second kappa shape index (κ2) is 2.81. The van der Waals surface area contributed by atoms with Crippen molar-refractivity contribution in [2.45, 2.75) is 42.6 Å². The smallest absolute Gasteiger partial charge is 0.352 e. The molecule has 3 atom stereocenters. The summed E-state index contributed by atoms with van der Waals surface area (Å²) < 4.78 is 81.4. The predicted octanol–water partition coefficient (Wildman–Crippen LogP) is 2.50. The number of ether oxygens (including phenoxy) is 1. The zero-order valence-electron chi connectivity index (χ0n) is 7.45. The molecule has 0 aromatic carbocycles. The van der Waals surface area contributed by atoms with E-state index in [1.54, 1.807) is 0 Å². The molecule has 1 saturated heterocycles. The molecule has 2 rings (SSSR count). The molecule has 7 heteroatoms. The van der Waals surface area contributed by atoms with Crippen LogP contribution in [0.4, 0.5) is 26.3 Å². The minimum atomic E-state index is -4.99. The van der Waals surface area contributed by atoms with Gasteiger partial charge in [0.05, 0.1) is 0 Å². The fourth-order valence-electron chi connectivity index (χ4n) is 2.03. The first-order valence-electron chi connectivity index (χ1n) is 4.46. The molecule has 0 aromatic rings. The van der Waals surface area contributed by atoms with E-state index in [0.717, 1.165) is 0 Å². The van der Waals surface area contributed by atoms with Gasteiger partial charge in [0.2, 0.25) is 11.8 Å². The van der Waals surface area contributed by atoms with Gasteiger partial charge in [0.25, 0.3) is 0 Å². The minimum Gasteiger partial charge on any atom is -0.375 e. The highest BCUT2D eigenvalue weighted by Crippen LogP contribution is 2.64. The summed E-state index contributed by atoms with van der Waals surface area (Å²) in [6.07, 6.45) is -5.17. The molecule has 1 aliphatic heterocycles. The Balaban J connectivity index is 2.29. The van der Waals surface area contributed by atoms with Gasteiger partial charge in [-0.1, -0.05) is 0 Å². The molecule has 15 heavy (non-hydrogen) atoms. The maximum atomic E-state index is 13.5. The van der Waals surface area contributed by atoms with E-state index in [1.165, 1.54) is 0 Å². The Labute approximate surface area is 81.4 Å². The zero-order chi connectivity index (χ0) is 11.5. The van der Waals surface area contributed by atoms with Crippen molar-refractivity contribution < 1.29 is 31.1 Å². The lowest BCUT2D eigenvalue weighted by molar-refractivity contribution is -0.411. The van der Waals surface area contributed by atoms with Crippen molar-refractivity contribution in [3.8, 4) is 0 Å². The van der Waals surface area contributed by atoms with E-state index in [0.29, 0.717) is 0 Å². The highest BCUT2D eigenvalue weighted by molar-refractivity contribution is 5.26. The number of rotatable bonds is 1. The zero-order valence-corrected chi connectivity index (χ0v) is 7.45. The van der Waals surface area contributed by atoms with Crippen molar-refractivity contribution in [3.05, 3.63) is 0 Å². The van der Waals surface area contributed by atoms with Gasteiger partial charge in [0.1, 0.15) is 6.10 Å². The van der Waals surface area contributed by atoms with Crippen molar-refractivity contribution in [3.63, 3.8) is 0 Å². The van der Waals surface area contributed by atoms with Crippen LogP contribution in [0.3, 0.4) is 0 Å². The van der Waals surface area contributed by atoms with Crippen LogP contribution < -0.4 is 0 Å². The van der Waals surface area contributed by atoms with Gasteiger partial charge in [-0.25, -0.2) is 8.78 Å². The Bertz CT molecular complexity index is 270. The maximum absolute atomic E-state index is 13.5. The van der Waals surface area contributed by atoms with E-state index < -0.39 is 29.8 Å². The summed E-state index contributed by atoms with van der Waals surface area (Å²) in [6, 6.07) is 0. The van der Waals surface area contributed by atoms with Crippen LogP contribution in [0.5, 0.6) is 0 Å². The summed E-state index contributed by atoms with van der Waals surface area (Å²) in [4.78, 5) is 0. The largest absolute Gasteiger partial charge is 0.375 e. The fraction of sp³-hybridized carbons (Fsp3) is 1.00. The summed E-state index contributed by atoms with van der Waals surface area (Å²) in [5.41, 5.74) is -3.88. The molecular weight excluding hydrogens is 226 g/mol. The molecule has 1 nitrogen and oxygen atoms in total. The number of hydrogen-bond donors (Lipinski definition) is 0. The van der Waals surface area contributed by atoms with Gasteiger partial charge in [-0.05, 0) is 12.8 Å². The third kappa shape index (κ3) is 0.996. The van der Waals surface area contributed by atoms with Crippen LogP contribution in [-0.4, -0.2) is 36.4 Å². The summed E-state index contributed by atoms with van der Waals surface area (Å²) >= 11 is 0. The fourth-order valence-corrected chi connectivity index (χ4v) is 2.03. The van der Waals surface area contributed by atoms with Gasteiger partial charge in [-0.15, -0.1) is 0 Å². The lowest BCUT2D eigenvalue weighted by Crippen LogP contribution is -2.82. The summed E-state index contributed by atoms with van der Waals surface area (Å²) in [7, 11) is 0. The monoisotopic (exact) mass is 234 g/mol. The van der Waals surface area contributed by atoms with E-state index >= 15 is 0 Å². The molecule has 3 unspecified atom stereocenters.